The zero-order valence-electron chi connectivity index (χ0n) is 15.6. The summed E-state index contributed by atoms with van der Waals surface area (Å²) in [5, 5.41) is 1.91. The summed E-state index contributed by atoms with van der Waals surface area (Å²) in [6.45, 7) is 1.85. The molecule has 5 heterocycles. The molecule has 2 bridgehead atoms. The summed E-state index contributed by atoms with van der Waals surface area (Å²) in [6.07, 6.45) is 2.58. The summed E-state index contributed by atoms with van der Waals surface area (Å²) in [5.41, 5.74) is 0.872. The molecule has 0 radical (unpaired) electrons. The first-order valence-corrected chi connectivity index (χ1v) is 10.3. The minimum atomic E-state index is -4.49. The van der Waals surface area contributed by atoms with Crippen molar-refractivity contribution in [2.75, 3.05) is 0 Å². The fourth-order valence-electron chi connectivity index (χ4n) is 4.80. The van der Waals surface area contributed by atoms with Crippen molar-refractivity contribution in [1.29, 1.82) is 0 Å². The molecule has 2 aliphatic heterocycles. The first-order chi connectivity index (χ1) is 13.8. The standard InChI is InChI=1S/C19H18F3N5OS/c1-10-16(26-4-5-29-18(26)25-10)17(28)27-13-2-3-14(27)11(7-13)6-12-8-24-15(9-23-12)19(20,21)22/h4-5,8-9,11,13-14H,2-3,6-7H2,1H3. The van der Waals surface area contributed by atoms with Gasteiger partial charge in [0.15, 0.2) is 10.7 Å². The summed E-state index contributed by atoms with van der Waals surface area (Å²) in [7, 11) is 0. The number of hydrogen-bond donors (Lipinski definition) is 0. The summed E-state index contributed by atoms with van der Waals surface area (Å²) < 4.78 is 39.9. The van der Waals surface area contributed by atoms with Crippen molar-refractivity contribution in [2.24, 2.45) is 5.92 Å². The van der Waals surface area contributed by atoms with Crippen molar-refractivity contribution in [3.05, 3.63) is 46.7 Å². The fraction of sp³-hybridized carbons (Fsp3) is 0.474. The number of imidazole rings is 1. The van der Waals surface area contributed by atoms with E-state index in [0.29, 0.717) is 17.8 Å². The predicted octanol–water partition coefficient (Wildman–Crippen LogP) is 3.75. The molecule has 10 heteroatoms. The molecule has 0 spiro atoms. The van der Waals surface area contributed by atoms with Gasteiger partial charge in [-0.3, -0.25) is 14.2 Å². The van der Waals surface area contributed by atoms with Gasteiger partial charge in [0.1, 0.15) is 5.69 Å². The maximum absolute atomic E-state index is 13.4. The van der Waals surface area contributed by atoms with Crippen molar-refractivity contribution in [1.82, 2.24) is 24.3 Å². The Labute approximate surface area is 168 Å². The molecule has 3 aromatic rings. The second kappa shape index (κ2) is 6.51. The lowest BCUT2D eigenvalue weighted by atomic mass is 9.86. The highest BCUT2D eigenvalue weighted by molar-refractivity contribution is 7.15. The fourth-order valence-corrected chi connectivity index (χ4v) is 5.56. The zero-order chi connectivity index (χ0) is 20.3. The van der Waals surface area contributed by atoms with Gasteiger partial charge < -0.3 is 4.90 Å². The topological polar surface area (TPSA) is 63.4 Å². The number of hydrogen-bond acceptors (Lipinski definition) is 5. The lowest BCUT2D eigenvalue weighted by Crippen LogP contribution is -2.37. The van der Waals surface area contributed by atoms with Crippen LogP contribution in [-0.4, -0.2) is 42.2 Å². The van der Waals surface area contributed by atoms with Crippen LogP contribution in [0.3, 0.4) is 0 Å². The third-order valence-corrected chi connectivity index (χ3v) is 6.76. The number of aryl methyl sites for hydroxylation is 1. The molecule has 3 unspecified atom stereocenters. The van der Waals surface area contributed by atoms with Gasteiger partial charge in [0.25, 0.3) is 5.91 Å². The Balaban J connectivity index is 1.36. The molecular formula is C19H18F3N5OS. The molecule has 5 rings (SSSR count). The van der Waals surface area contributed by atoms with Gasteiger partial charge in [-0.05, 0) is 38.5 Å². The Hall–Kier alpha value is -2.49. The molecule has 29 heavy (non-hydrogen) atoms. The van der Waals surface area contributed by atoms with Gasteiger partial charge in [0.2, 0.25) is 0 Å². The molecule has 152 valence electrons. The van der Waals surface area contributed by atoms with Crippen molar-refractivity contribution in [3.8, 4) is 0 Å². The average Bonchev–Trinajstić information content (AvgIpc) is 3.40. The number of nitrogens with zero attached hydrogens (tertiary/aromatic N) is 5. The van der Waals surface area contributed by atoms with E-state index >= 15 is 0 Å². The molecule has 6 nitrogen and oxygen atoms in total. The van der Waals surface area contributed by atoms with E-state index < -0.39 is 11.9 Å². The largest absolute Gasteiger partial charge is 0.434 e. The highest BCUT2D eigenvalue weighted by Crippen LogP contribution is 2.44. The number of aromatic nitrogens is 4. The highest BCUT2D eigenvalue weighted by atomic mass is 32.1. The highest BCUT2D eigenvalue weighted by Gasteiger charge is 2.49. The van der Waals surface area contributed by atoms with Gasteiger partial charge in [-0.15, -0.1) is 11.3 Å². The minimum absolute atomic E-state index is 0.0121. The van der Waals surface area contributed by atoms with Gasteiger partial charge in [-0.2, -0.15) is 13.2 Å². The Morgan fingerprint density at radius 1 is 1.28 bits per heavy atom. The number of thiazole rings is 1. The van der Waals surface area contributed by atoms with Crippen LogP contribution in [0.25, 0.3) is 4.96 Å². The summed E-state index contributed by atoms with van der Waals surface area (Å²) in [5.74, 6) is 0.164. The second-order valence-electron chi connectivity index (χ2n) is 7.70. The van der Waals surface area contributed by atoms with Crippen molar-refractivity contribution in [2.45, 2.75) is 50.9 Å². The summed E-state index contributed by atoms with van der Waals surface area (Å²) in [4.78, 5) is 28.1. The van der Waals surface area contributed by atoms with Gasteiger partial charge in [0.05, 0.1) is 17.6 Å². The number of alkyl halides is 3. The number of halogens is 3. The number of rotatable bonds is 3. The molecule has 3 aromatic heterocycles. The van der Waals surface area contributed by atoms with E-state index in [2.05, 4.69) is 15.0 Å². The number of carbonyl (C=O) groups is 1. The number of amides is 1. The van der Waals surface area contributed by atoms with Crippen molar-refractivity contribution < 1.29 is 18.0 Å². The first-order valence-electron chi connectivity index (χ1n) is 9.46. The zero-order valence-corrected chi connectivity index (χ0v) is 16.4. The first kappa shape index (κ1) is 18.5. The van der Waals surface area contributed by atoms with E-state index in [9.17, 15) is 18.0 Å². The number of fused-ring (bicyclic) bond motifs is 3. The Kier molecular flexibility index (Phi) is 4.16. The lowest BCUT2D eigenvalue weighted by Gasteiger charge is -2.24. The molecule has 2 fully saturated rings. The molecule has 2 saturated heterocycles. The Morgan fingerprint density at radius 3 is 2.83 bits per heavy atom. The van der Waals surface area contributed by atoms with Crippen molar-refractivity contribution in [3.63, 3.8) is 0 Å². The quantitative estimate of drug-likeness (QED) is 0.646. The van der Waals surface area contributed by atoms with Crippen LogP contribution in [0.2, 0.25) is 0 Å². The van der Waals surface area contributed by atoms with Gasteiger partial charge in [0, 0.05) is 29.9 Å². The molecule has 0 aliphatic carbocycles. The van der Waals surface area contributed by atoms with Gasteiger partial charge >= 0.3 is 6.18 Å². The molecular weight excluding hydrogens is 403 g/mol. The Bertz CT molecular complexity index is 1070. The van der Waals surface area contributed by atoms with E-state index in [-0.39, 0.29) is 23.9 Å². The van der Waals surface area contributed by atoms with Crippen LogP contribution in [0.4, 0.5) is 13.2 Å². The van der Waals surface area contributed by atoms with Crippen LogP contribution < -0.4 is 0 Å². The normalized spacial score (nSPS) is 24.0. The molecule has 0 saturated carbocycles. The third kappa shape index (κ3) is 3.00. The van der Waals surface area contributed by atoms with Gasteiger partial charge in [-0.25, -0.2) is 9.97 Å². The maximum atomic E-state index is 13.4. The van der Waals surface area contributed by atoms with Crippen LogP contribution in [-0.2, 0) is 12.6 Å². The maximum Gasteiger partial charge on any atom is 0.434 e. The van der Waals surface area contributed by atoms with E-state index in [0.717, 1.165) is 36.1 Å². The van der Waals surface area contributed by atoms with E-state index in [4.69, 9.17) is 0 Å². The minimum Gasteiger partial charge on any atom is -0.331 e. The van der Waals surface area contributed by atoms with E-state index in [1.54, 1.807) is 0 Å². The monoisotopic (exact) mass is 421 g/mol. The summed E-state index contributed by atoms with van der Waals surface area (Å²) in [6, 6.07) is 0.226. The lowest BCUT2D eigenvalue weighted by molar-refractivity contribution is -0.141. The number of carbonyl (C=O) groups excluding carboxylic acids is 1. The van der Waals surface area contributed by atoms with Crippen LogP contribution in [0.1, 0.15) is 46.8 Å². The molecule has 1 amide bonds. The van der Waals surface area contributed by atoms with Crippen molar-refractivity contribution >= 4 is 22.2 Å². The van der Waals surface area contributed by atoms with Crippen LogP contribution in [0, 0.1) is 12.8 Å². The second-order valence-corrected chi connectivity index (χ2v) is 8.58. The van der Waals surface area contributed by atoms with Gasteiger partial charge in [-0.1, -0.05) is 0 Å². The Morgan fingerprint density at radius 2 is 2.10 bits per heavy atom. The van der Waals surface area contributed by atoms with E-state index in [1.165, 1.54) is 17.5 Å². The predicted molar refractivity (Wildman–Crippen MR) is 99.6 cm³/mol. The molecule has 2 aliphatic rings. The SMILES string of the molecule is Cc1nc2sccn2c1C(=O)N1C2CCC1C(Cc1cnc(C(F)(F)F)cn1)C2. The molecule has 0 N–H and O–H groups in total. The van der Waals surface area contributed by atoms with Crippen LogP contribution in [0.15, 0.2) is 24.0 Å². The third-order valence-electron chi connectivity index (χ3n) is 6.01. The molecule has 3 atom stereocenters. The van der Waals surface area contributed by atoms with Crippen LogP contribution in [0.5, 0.6) is 0 Å². The average molecular weight is 421 g/mol. The summed E-state index contributed by atoms with van der Waals surface area (Å²) >= 11 is 1.49. The van der Waals surface area contributed by atoms with E-state index in [1.807, 2.05) is 27.8 Å². The smallest absolute Gasteiger partial charge is 0.331 e. The molecule has 0 aromatic carbocycles. The van der Waals surface area contributed by atoms with Crippen LogP contribution >= 0.6 is 11.3 Å².